The van der Waals surface area contributed by atoms with Gasteiger partial charge in [-0.2, -0.15) is 0 Å². The molecule has 46 valence electrons. The quantitative estimate of drug-likeness (QED) is 0.526. The van der Waals surface area contributed by atoms with Gasteiger partial charge in [0.25, 0.3) is 0 Å². The Balaban J connectivity index is 2.61. The van der Waals surface area contributed by atoms with Gasteiger partial charge in [0.05, 0.1) is 18.4 Å². The van der Waals surface area contributed by atoms with E-state index >= 15 is 0 Å². The predicted molar refractivity (Wildman–Crippen MR) is 29.9 cm³/mol. The summed E-state index contributed by atoms with van der Waals surface area (Å²) in [4.78, 5) is 14.5. The largest absolute Gasteiger partial charge is 0.332 e. The molecule has 0 radical (unpaired) electrons. The molecule has 0 saturated carbocycles. The van der Waals surface area contributed by atoms with E-state index in [1.54, 1.807) is 6.20 Å². The number of nitrogens with one attached hydrogen (secondary N) is 1. The van der Waals surface area contributed by atoms with Crippen molar-refractivity contribution in [3.8, 4) is 0 Å². The molecule has 4 heteroatoms. The number of hydrogen-bond donors (Lipinski definition) is 1. The second-order valence-corrected chi connectivity index (χ2v) is 1.91. The third-order valence-electron chi connectivity index (χ3n) is 1.35. The van der Waals surface area contributed by atoms with Crippen LogP contribution in [0.3, 0.4) is 0 Å². The molecule has 1 N–H and O–H groups in total. The fourth-order valence-electron chi connectivity index (χ4n) is 0.887. The highest BCUT2D eigenvalue weighted by Gasteiger charge is 2.15. The highest BCUT2D eigenvalue weighted by atomic mass is 16.2. The van der Waals surface area contributed by atoms with Gasteiger partial charge in [-0.3, -0.25) is 4.57 Å². The van der Waals surface area contributed by atoms with E-state index in [1.165, 1.54) is 10.9 Å². The minimum atomic E-state index is -0.0810. The first-order valence-electron chi connectivity index (χ1n) is 2.67. The molecule has 1 aliphatic rings. The molecular weight excluding hydrogens is 118 g/mol. The fourth-order valence-corrected chi connectivity index (χ4v) is 0.887. The van der Waals surface area contributed by atoms with Crippen molar-refractivity contribution in [2.45, 2.75) is 6.54 Å². The number of nitrogens with zero attached hydrogens (tertiary/aromatic N) is 2. The summed E-state index contributed by atoms with van der Waals surface area (Å²) >= 11 is 0. The lowest BCUT2D eigenvalue weighted by Crippen LogP contribution is -2.16. The summed E-state index contributed by atoms with van der Waals surface area (Å²) < 4.78 is 1.50. The Morgan fingerprint density at radius 1 is 1.78 bits per heavy atom. The van der Waals surface area contributed by atoms with Gasteiger partial charge in [0, 0.05) is 0 Å². The maximum absolute atomic E-state index is 10.7. The fraction of sp³-hybridized carbons (Fsp3) is 0.200. The maximum Gasteiger partial charge on any atom is 0.327 e. The lowest BCUT2D eigenvalue weighted by atomic mass is 10.5. The molecule has 1 amide bonds. The van der Waals surface area contributed by atoms with Gasteiger partial charge in [-0.25, -0.2) is 9.78 Å². The highest BCUT2D eigenvalue weighted by Crippen LogP contribution is 2.03. The van der Waals surface area contributed by atoms with Crippen molar-refractivity contribution in [1.82, 2.24) is 14.9 Å². The van der Waals surface area contributed by atoms with Gasteiger partial charge in [-0.1, -0.05) is 0 Å². The predicted octanol–water partition coefficient (Wildman–Crippen LogP) is -0.0456. The van der Waals surface area contributed by atoms with Crippen LogP contribution in [0.15, 0.2) is 12.5 Å². The second kappa shape index (κ2) is 1.34. The first-order valence-corrected chi connectivity index (χ1v) is 2.67. The maximum atomic E-state index is 10.7. The molecule has 2 rings (SSSR count). The number of fused-ring (bicyclic) bond motifs is 1. The highest BCUT2D eigenvalue weighted by molar-refractivity contribution is 5.79. The molecule has 1 aromatic rings. The summed E-state index contributed by atoms with van der Waals surface area (Å²) in [7, 11) is 0. The van der Waals surface area contributed by atoms with Crippen molar-refractivity contribution in [3.63, 3.8) is 0 Å². The molecule has 0 saturated heterocycles. The van der Waals surface area contributed by atoms with Gasteiger partial charge in [-0.15, -0.1) is 0 Å². The third kappa shape index (κ3) is 0.468. The Hall–Kier alpha value is -1.32. The molecule has 0 aromatic carbocycles. The number of carbonyl (C=O) groups excluding carboxylic acids is 1. The van der Waals surface area contributed by atoms with Crippen LogP contribution in [0.4, 0.5) is 4.79 Å². The molecule has 0 spiro atoms. The van der Waals surface area contributed by atoms with Crippen LogP contribution in [0.5, 0.6) is 0 Å². The van der Waals surface area contributed by atoms with Crippen molar-refractivity contribution < 1.29 is 4.79 Å². The van der Waals surface area contributed by atoms with Crippen LogP contribution in [0.25, 0.3) is 0 Å². The zero-order chi connectivity index (χ0) is 6.27. The van der Waals surface area contributed by atoms with E-state index < -0.39 is 0 Å². The zero-order valence-corrected chi connectivity index (χ0v) is 4.66. The molecule has 4 nitrogen and oxygen atoms in total. The van der Waals surface area contributed by atoms with E-state index in [0.29, 0.717) is 6.54 Å². The van der Waals surface area contributed by atoms with Crippen LogP contribution < -0.4 is 5.32 Å². The SMILES string of the molecule is O=C1NCc2cncn21. The van der Waals surface area contributed by atoms with Crippen molar-refractivity contribution >= 4 is 6.03 Å². The molecular formula is C5H5N3O. The van der Waals surface area contributed by atoms with E-state index in [2.05, 4.69) is 10.3 Å². The Labute approximate surface area is 51.5 Å². The molecule has 0 atom stereocenters. The molecule has 0 bridgehead atoms. The molecule has 2 heterocycles. The van der Waals surface area contributed by atoms with Gasteiger partial charge < -0.3 is 5.32 Å². The van der Waals surface area contributed by atoms with Gasteiger partial charge in [0.15, 0.2) is 0 Å². The molecule has 1 aliphatic heterocycles. The van der Waals surface area contributed by atoms with Crippen LogP contribution in [-0.2, 0) is 6.54 Å². The van der Waals surface area contributed by atoms with Crippen LogP contribution >= 0.6 is 0 Å². The minimum Gasteiger partial charge on any atom is -0.332 e. The van der Waals surface area contributed by atoms with Crippen LogP contribution in [0, 0.1) is 0 Å². The van der Waals surface area contributed by atoms with Crippen molar-refractivity contribution in [3.05, 3.63) is 18.2 Å². The van der Waals surface area contributed by atoms with Crippen LogP contribution in [-0.4, -0.2) is 15.6 Å². The average molecular weight is 123 g/mol. The third-order valence-corrected chi connectivity index (χ3v) is 1.35. The summed E-state index contributed by atoms with van der Waals surface area (Å²) in [5.74, 6) is 0. The Kier molecular flexibility index (Phi) is 0.677. The lowest BCUT2D eigenvalue weighted by Gasteiger charge is -1.86. The average Bonchev–Trinajstić information content (AvgIpc) is 2.35. The molecule has 0 fully saturated rings. The Morgan fingerprint density at radius 2 is 2.67 bits per heavy atom. The summed E-state index contributed by atoms with van der Waals surface area (Å²) in [6.07, 6.45) is 3.19. The van der Waals surface area contributed by atoms with Crippen molar-refractivity contribution in [2.24, 2.45) is 0 Å². The lowest BCUT2D eigenvalue weighted by molar-refractivity contribution is 0.246. The monoisotopic (exact) mass is 123 g/mol. The van der Waals surface area contributed by atoms with Gasteiger partial charge in [0.1, 0.15) is 6.33 Å². The zero-order valence-electron chi connectivity index (χ0n) is 4.66. The van der Waals surface area contributed by atoms with E-state index in [1.807, 2.05) is 0 Å². The van der Waals surface area contributed by atoms with Gasteiger partial charge in [-0.05, 0) is 0 Å². The second-order valence-electron chi connectivity index (χ2n) is 1.91. The van der Waals surface area contributed by atoms with E-state index in [9.17, 15) is 4.79 Å². The smallest absolute Gasteiger partial charge is 0.327 e. The summed E-state index contributed by atoms with van der Waals surface area (Å²) in [5.41, 5.74) is 0.931. The summed E-state index contributed by atoms with van der Waals surface area (Å²) in [6, 6.07) is -0.0810. The molecule has 1 aromatic heterocycles. The number of imidazole rings is 1. The van der Waals surface area contributed by atoms with Gasteiger partial charge in [0.2, 0.25) is 0 Å². The van der Waals surface area contributed by atoms with E-state index in [0.717, 1.165) is 5.69 Å². The number of rotatable bonds is 0. The molecule has 0 aliphatic carbocycles. The normalized spacial score (nSPS) is 15.3. The van der Waals surface area contributed by atoms with E-state index in [4.69, 9.17) is 0 Å². The van der Waals surface area contributed by atoms with Crippen LogP contribution in [0.2, 0.25) is 0 Å². The first-order chi connectivity index (χ1) is 4.38. The Morgan fingerprint density at radius 3 is 3.44 bits per heavy atom. The Bertz CT molecular complexity index is 252. The number of carbonyl (C=O) groups is 1. The topological polar surface area (TPSA) is 46.9 Å². The summed E-state index contributed by atoms with van der Waals surface area (Å²) in [6.45, 7) is 0.610. The number of hydrogen-bond acceptors (Lipinski definition) is 2. The summed E-state index contributed by atoms with van der Waals surface area (Å²) in [5, 5.41) is 2.65. The number of aromatic nitrogens is 2. The van der Waals surface area contributed by atoms with Gasteiger partial charge >= 0.3 is 6.03 Å². The van der Waals surface area contributed by atoms with Crippen molar-refractivity contribution in [2.75, 3.05) is 0 Å². The molecule has 9 heavy (non-hydrogen) atoms. The number of amides is 1. The molecule has 0 unspecified atom stereocenters. The first kappa shape index (κ1) is 4.55. The standard InChI is InChI=1S/C5H5N3O/c9-5-7-2-4-1-6-3-8(4)5/h1,3H,2H2,(H,7,9). The van der Waals surface area contributed by atoms with E-state index in [-0.39, 0.29) is 6.03 Å². The minimum absolute atomic E-state index is 0.0810. The van der Waals surface area contributed by atoms with Crippen molar-refractivity contribution in [1.29, 1.82) is 0 Å². The van der Waals surface area contributed by atoms with Crippen LogP contribution in [0.1, 0.15) is 5.69 Å².